The lowest BCUT2D eigenvalue weighted by atomic mass is 10.3. The maximum Gasteiger partial charge on any atom is 0.122 e. The molecule has 0 amide bonds. The van der Waals surface area contributed by atoms with E-state index in [-0.39, 0.29) is 0 Å². The highest BCUT2D eigenvalue weighted by molar-refractivity contribution is 5.22. The number of hydrogen-bond donors (Lipinski definition) is 1. The Morgan fingerprint density at radius 1 is 1.60 bits per heavy atom. The second-order valence-electron chi connectivity index (χ2n) is 3.19. The normalized spacial score (nSPS) is 9.93. The lowest BCUT2D eigenvalue weighted by Crippen LogP contribution is -2.12. The third-order valence-electron chi connectivity index (χ3n) is 1.93. The summed E-state index contributed by atoms with van der Waals surface area (Å²) in [7, 11) is 0. The molecule has 0 radical (unpaired) electrons. The fraction of sp³-hybridized carbons (Fsp3) is 0.417. The smallest absolute Gasteiger partial charge is 0.122 e. The topological polar surface area (TPSA) is 34.1 Å². The van der Waals surface area contributed by atoms with E-state index in [0.29, 0.717) is 6.61 Å². The summed E-state index contributed by atoms with van der Waals surface area (Å²) in [4.78, 5) is 4.24. The summed E-state index contributed by atoms with van der Waals surface area (Å²) < 4.78 is 5.53. The highest BCUT2D eigenvalue weighted by atomic mass is 16.5. The first-order valence-corrected chi connectivity index (χ1v) is 5.26. The van der Waals surface area contributed by atoms with Crippen molar-refractivity contribution in [2.75, 3.05) is 13.2 Å². The Morgan fingerprint density at radius 2 is 2.47 bits per heavy atom. The Bertz CT molecular complexity index is 299. The highest BCUT2D eigenvalue weighted by Crippen LogP contribution is 2.11. The summed E-state index contributed by atoms with van der Waals surface area (Å²) in [6.45, 7) is 8.13. The summed E-state index contributed by atoms with van der Waals surface area (Å²) in [5.74, 6) is 0.875. The molecule has 0 aliphatic carbocycles. The molecule has 0 saturated carbocycles. The molecule has 0 unspecified atom stereocenters. The van der Waals surface area contributed by atoms with Crippen LogP contribution < -0.4 is 10.1 Å². The second-order valence-corrected chi connectivity index (χ2v) is 3.19. The van der Waals surface area contributed by atoms with E-state index in [4.69, 9.17) is 4.74 Å². The van der Waals surface area contributed by atoms with Crippen molar-refractivity contribution >= 4 is 0 Å². The summed E-state index contributed by atoms with van der Waals surface area (Å²) in [5.41, 5.74) is 1.01. The van der Waals surface area contributed by atoms with Crippen LogP contribution in [0.1, 0.15) is 19.0 Å². The Kier molecular flexibility index (Phi) is 5.48. The fourth-order valence-electron chi connectivity index (χ4n) is 1.16. The minimum atomic E-state index is 0.675. The van der Waals surface area contributed by atoms with Gasteiger partial charge in [0.1, 0.15) is 5.75 Å². The van der Waals surface area contributed by atoms with E-state index in [0.717, 1.165) is 31.0 Å². The predicted octanol–water partition coefficient (Wildman–Crippen LogP) is 2.15. The molecule has 0 atom stereocenters. The van der Waals surface area contributed by atoms with Crippen molar-refractivity contribution in [1.82, 2.24) is 10.3 Å². The summed E-state index contributed by atoms with van der Waals surface area (Å²) in [6.07, 6.45) is 4.49. The lowest BCUT2D eigenvalue weighted by molar-refractivity contribution is 0.324. The van der Waals surface area contributed by atoms with Crippen molar-refractivity contribution in [3.8, 4) is 5.75 Å². The molecule has 0 aromatic carbocycles. The average molecular weight is 206 g/mol. The molecule has 0 saturated heterocycles. The zero-order chi connectivity index (χ0) is 10.9. The van der Waals surface area contributed by atoms with Crippen molar-refractivity contribution in [3.05, 3.63) is 36.7 Å². The van der Waals surface area contributed by atoms with E-state index >= 15 is 0 Å². The SMILES string of the molecule is C=CCCOc1ccnc(CNCC)c1. The Labute approximate surface area is 91.2 Å². The molecule has 0 fully saturated rings. The lowest BCUT2D eigenvalue weighted by Gasteiger charge is -2.06. The zero-order valence-corrected chi connectivity index (χ0v) is 9.20. The monoisotopic (exact) mass is 206 g/mol. The molecule has 3 heteroatoms. The number of hydrogen-bond acceptors (Lipinski definition) is 3. The van der Waals surface area contributed by atoms with Gasteiger partial charge in [-0.25, -0.2) is 0 Å². The van der Waals surface area contributed by atoms with Gasteiger partial charge in [0.2, 0.25) is 0 Å². The van der Waals surface area contributed by atoms with Gasteiger partial charge < -0.3 is 10.1 Å². The van der Waals surface area contributed by atoms with E-state index in [2.05, 4.69) is 23.8 Å². The molecular weight excluding hydrogens is 188 g/mol. The molecule has 0 aliphatic rings. The van der Waals surface area contributed by atoms with Crippen LogP contribution >= 0.6 is 0 Å². The van der Waals surface area contributed by atoms with Crippen LogP contribution in [0, 0.1) is 0 Å². The standard InChI is InChI=1S/C12H18N2O/c1-3-5-8-15-12-6-7-14-11(9-12)10-13-4-2/h3,6-7,9,13H,1,4-5,8,10H2,2H3. The molecule has 15 heavy (non-hydrogen) atoms. The van der Waals surface area contributed by atoms with Crippen molar-refractivity contribution in [2.45, 2.75) is 19.9 Å². The molecule has 0 spiro atoms. The predicted molar refractivity (Wildman–Crippen MR) is 61.9 cm³/mol. The van der Waals surface area contributed by atoms with Crippen LogP contribution in [0.2, 0.25) is 0 Å². The van der Waals surface area contributed by atoms with Crippen LogP contribution in [0.5, 0.6) is 5.75 Å². The van der Waals surface area contributed by atoms with Gasteiger partial charge in [0.25, 0.3) is 0 Å². The van der Waals surface area contributed by atoms with E-state index in [1.165, 1.54) is 0 Å². The van der Waals surface area contributed by atoms with Crippen LogP contribution in [-0.2, 0) is 6.54 Å². The Hall–Kier alpha value is -1.35. The minimum Gasteiger partial charge on any atom is -0.493 e. The molecule has 0 bridgehead atoms. The average Bonchev–Trinajstić information content (AvgIpc) is 2.27. The number of pyridine rings is 1. The zero-order valence-electron chi connectivity index (χ0n) is 9.20. The summed E-state index contributed by atoms with van der Waals surface area (Å²) in [6, 6.07) is 3.84. The first kappa shape index (κ1) is 11.7. The molecular formula is C12H18N2O. The molecule has 1 aromatic rings. The van der Waals surface area contributed by atoms with Gasteiger partial charge in [0.05, 0.1) is 12.3 Å². The van der Waals surface area contributed by atoms with Crippen LogP contribution in [0.15, 0.2) is 31.0 Å². The van der Waals surface area contributed by atoms with Crippen molar-refractivity contribution in [2.24, 2.45) is 0 Å². The highest BCUT2D eigenvalue weighted by Gasteiger charge is 1.97. The summed E-state index contributed by atoms with van der Waals surface area (Å²) in [5, 5.41) is 3.22. The fourth-order valence-corrected chi connectivity index (χ4v) is 1.16. The maximum absolute atomic E-state index is 5.53. The number of nitrogens with zero attached hydrogens (tertiary/aromatic N) is 1. The number of nitrogens with one attached hydrogen (secondary N) is 1. The van der Waals surface area contributed by atoms with Gasteiger partial charge in [0, 0.05) is 18.8 Å². The van der Waals surface area contributed by atoms with E-state index in [1.807, 2.05) is 18.2 Å². The maximum atomic E-state index is 5.53. The molecule has 82 valence electrons. The quantitative estimate of drug-likeness (QED) is 0.548. The second kappa shape index (κ2) is 7.01. The third-order valence-corrected chi connectivity index (χ3v) is 1.93. The number of aromatic nitrogens is 1. The Balaban J connectivity index is 2.46. The van der Waals surface area contributed by atoms with Crippen LogP contribution in [0.3, 0.4) is 0 Å². The van der Waals surface area contributed by atoms with Gasteiger partial charge in [-0.05, 0) is 19.0 Å². The van der Waals surface area contributed by atoms with Crippen molar-refractivity contribution in [1.29, 1.82) is 0 Å². The molecule has 3 nitrogen and oxygen atoms in total. The molecule has 1 rings (SSSR count). The first-order valence-electron chi connectivity index (χ1n) is 5.26. The summed E-state index contributed by atoms with van der Waals surface area (Å²) >= 11 is 0. The van der Waals surface area contributed by atoms with Gasteiger partial charge in [0.15, 0.2) is 0 Å². The van der Waals surface area contributed by atoms with Crippen molar-refractivity contribution in [3.63, 3.8) is 0 Å². The van der Waals surface area contributed by atoms with Gasteiger partial charge in [-0.3, -0.25) is 4.98 Å². The van der Waals surface area contributed by atoms with Gasteiger partial charge >= 0.3 is 0 Å². The van der Waals surface area contributed by atoms with E-state index in [9.17, 15) is 0 Å². The molecule has 1 aromatic heterocycles. The Morgan fingerprint density at radius 3 is 3.20 bits per heavy atom. The van der Waals surface area contributed by atoms with Gasteiger partial charge in [-0.1, -0.05) is 13.0 Å². The number of ether oxygens (including phenoxy) is 1. The molecule has 0 aliphatic heterocycles. The van der Waals surface area contributed by atoms with Gasteiger partial charge in [-0.2, -0.15) is 0 Å². The largest absolute Gasteiger partial charge is 0.493 e. The third kappa shape index (κ3) is 4.61. The molecule has 1 heterocycles. The first-order chi connectivity index (χ1) is 7.36. The van der Waals surface area contributed by atoms with E-state index in [1.54, 1.807) is 6.20 Å². The number of rotatable bonds is 7. The van der Waals surface area contributed by atoms with Crippen LogP contribution in [-0.4, -0.2) is 18.1 Å². The van der Waals surface area contributed by atoms with Crippen LogP contribution in [0.25, 0.3) is 0 Å². The van der Waals surface area contributed by atoms with Crippen molar-refractivity contribution < 1.29 is 4.74 Å². The minimum absolute atomic E-state index is 0.675. The van der Waals surface area contributed by atoms with E-state index < -0.39 is 0 Å². The molecule has 1 N–H and O–H groups in total. The van der Waals surface area contributed by atoms with Gasteiger partial charge in [-0.15, -0.1) is 6.58 Å². The van der Waals surface area contributed by atoms with Crippen LogP contribution in [0.4, 0.5) is 0 Å².